The number of methoxy groups -OCH3 is 1. The maximum atomic E-state index is 12.1. The van der Waals surface area contributed by atoms with Gasteiger partial charge in [0, 0.05) is 5.69 Å². The first-order chi connectivity index (χ1) is 9.63. The average molecular weight is 287 g/mol. The zero-order chi connectivity index (χ0) is 14.5. The zero-order valence-electron chi connectivity index (χ0n) is 10.7. The molecule has 100 valence electrons. The van der Waals surface area contributed by atoms with Crippen molar-refractivity contribution in [3.05, 3.63) is 58.6 Å². The third kappa shape index (κ3) is 3.08. The molecule has 1 amide bonds. The number of carbonyl (C=O) groups excluding carboxylic acids is 1. The third-order valence-corrected chi connectivity index (χ3v) is 2.98. The molecule has 0 atom stereocenters. The average Bonchev–Trinajstić information content (AvgIpc) is 2.47. The Morgan fingerprint density at radius 2 is 2.10 bits per heavy atom. The lowest BCUT2D eigenvalue weighted by Crippen LogP contribution is -2.12. The highest BCUT2D eigenvalue weighted by Gasteiger charge is 2.11. The fraction of sp³-hybridized carbons (Fsp3) is 0.0667. The van der Waals surface area contributed by atoms with Gasteiger partial charge in [-0.05, 0) is 36.4 Å². The lowest BCUT2D eigenvalue weighted by molar-refractivity contribution is 0.102. The summed E-state index contributed by atoms with van der Waals surface area (Å²) in [6.45, 7) is 0. The Balaban J connectivity index is 2.22. The van der Waals surface area contributed by atoms with Crippen LogP contribution in [0.4, 0.5) is 5.69 Å². The standard InChI is InChI=1S/C15H11ClN2O2/c1-20-12-5-6-13(14(16)8-12)15(19)18-11-4-2-3-10(7-11)9-17/h2-8H,1H3,(H,18,19). The van der Waals surface area contributed by atoms with E-state index < -0.39 is 0 Å². The van der Waals surface area contributed by atoms with Crippen LogP contribution in [0.25, 0.3) is 0 Å². The highest BCUT2D eigenvalue weighted by molar-refractivity contribution is 6.34. The molecular weight excluding hydrogens is 276 g/mol. The van der Waals surface area contributed by atoms with Crippen molar-refractivity contribution in [1.29, 1.82) is 5.26 Å². The number of hydrogen-bond acceptors (Lipinski definition) is 3. The molecule has 2 aromatic carbocycles. The summed E-state index contributed by atoms with van der Waals surface area (Å²) >= 11 is 6.03. The number of amides is 1. The van der Waals surface area contributed by atoms with E-state index in [9.17, 15) is 4.79 Å². The first-order valence-electron chi connectivity index (χ1n) is 5.79. The largest absolute Gasteiger partial charge is 0.497 e. The summed E-state index contributed by atoms with van der Waals surface area (Å²) in [5.74, 6) is 0.241. The van der Waals surface area contributed by atoms with Crippen molar-refractivity contribution in [2.75, 3.05) is 12.4 Å². The van der Waals surface area contributed by atoms with Gasteiger partial charge in [-0.1, -0.05) is 17.7 Å². The minimum absolute atomic E-state index is 0.304. The molecule has 20 heavy (non-hydrogen) atoms. The van der Waals surface area contributed by atoms with Crippen molar-refractivity contribution in [2.24, 2.45) is 0 Å². The molecule has 0 aliphatic heterocycles. The summed E-state index contributed by atoms with van der Waals surface area (Å²) in [4.78, 5) is 12.1. The molecule has 0 radical (unpaired) electrons. The van der Waals surface area contributed by atoms with Crippen LogP contribution in [0.5, 0.6) is 5.75 Å². The molecule has 0 aliphatic rings. The minimum Gasteiger partial charge on any atom is -0.497 e. The van der Waals surface area contributed by atoms with Gasteiger partial charge in [0.05, 0.1) is 29.3 Å². The maximum Gasteiger partial charge on any atom is 0.257 e. The van der Waals surface area contributed by atoms with E-state index in [1.807, 2.05) is 6.07 Å². The van der Waals surface area contributed by atoms with Gasteiger partial charge in [0.25, 0.3) is 5.91 Å². The Morgan fingerprint density at radius 3 is 2.75 bits per heavy atom. The molecule has 1 N–H and O–H groups in total. The van der Waals surface area contributed by atoms with E-state index in [1.165, 1.54) is 7.11 Å². The van der Waals surface area contributed by atoms with Crippen molar-refractivity contribution in [2.45, 2.75) is 0 Å². The zero-order valence-corrected chi connectivity index (χ0v) is 11.4. The highest BCUT2D eigenvalue weighted by atomic mass is 35.5. The van der Waals surface area contributed by atoms with Crippen LogP contribution in [0.3, 0.4) is 0 Å². The lowest BCUT2D eigenvalue weighted by Gasteiger charge is -2.08. The Hall–Kier alpha value is -2.51. The van der Waals surface area contributed by atoms with Crippen molar-refractivity contribution in [3.63, 3.8) is 0 Å². The molecule has 4 nitrogen and oxygen atoms in total. The molecule has 5 heteroatoms. The summed E-state index contributed by atoms with van der Waals surface area (Å²) in [6, 6.07) is 13.5. The van der Waals surface area contributed by atoms with Crippen LogP contribution < -0.4 is 10.1 Å². The Labute approximate surface area is 121 Å². The molecule has 0 bridgehead atoms. The predicted octanol–water partition coefficient (Wildman–Crippen LogP) is 3.47. The van der Waals surface area contributed by atoms with Gasteiger partial charge in [-0.2, -0.15) is 5.26 Å². The fourth-order valence-corrected chi connectivity index (χ4v) is 1.93. The second-order valence-corrected chi connectivity index (χ2v) is 4.40. The number of halogens is 1. The van der Waals surface area contributed by atoms with Crippen LogP contribution in [-0.4, -0.2) is 13.0 Å². The van der Waals surface area contributed by atoms with Gasteiger partial charge in [0.1, 0.15) is 5.75 Å². The van der Waals surface area contributed by atoms with Gasteiger partial charge >= 0.3 is 0 Å². The minimum atomic E-state index is -0.340. The predicted molar refractivity (Wildman–Crippen MR) is 77.1 cm³/mol. The molecule has 2 rings (SSSR count). The van der Waals surface area contributed by atoms with E-state index in [4.69, 9.17) is 21.6 Å². The van der Waals surface area contributed by atoms with Crippen LogP contribution in [0, 0.1) is 11.3 Å². The number of benzene rings is 2. The topological polar surface area (TPSA) is 62.1 Å². The van der Waals surface area contributed by atoms with E-state index in [1.54, 1.807) is 42.5 Å². The molecule has 0 heterocycles. The molecule has 0 saturated heterocycles. The van der Waals surface area contributed by atoms with E-state index in [0.29, 0.717) is 27.6 Å². The molecule has 0 fully saturated rings. The second-order valence-electron chi connectivity index (χ2n) is 3.99. The molecule has 0 aliphatic carbocycles. The van der Waals surface area contributed by atoms with Gasteiger partial charge in [-0.15, -0.1) is 0 Å². The maximum absolute atomic E-state index is 12.1. The number of nitriles is 1. The van der Waals surface area contributed by atoms with Gasteiger partial charge in [0.2, 0.25) is 0 Å². The number of ether oxygens (including phenoxy) is 1. The summed E-state index contributed by atoms with van der Waals surface area (Å²) in [5.41, 5.74) is 1.36. The van der Waals surface area contributed by atoms with Crippen molar-refractivity contribution >= 4 is 23.2 Å². The summed E-state index contributed by atoms with van der Waals surface area (Å²) in [5, 5.41) is 11.8. The molecule has 0 spiro atoms. The summed E-state index contributed by atoms with van der Waals surface area (Å²) < 4.78 is 5.03. The smallest absolute Gasteiger partial charge is 0.257 e. The number of nitrogens with one attached hydrogen (secondary N) is 1. The molecule has 0 aromatic heterocycles. The third-order valence-electron chi connectivity index (χ3n) is 2.67. The second kappa shape index (κ2) is 6.09. The molecule has 2 aromatic rings. The molecule has 0 unspecified atom stereocenters. The van der Waals surface area contributed by atoms with E-state index in [-0.39, 0.29) is 5.91 Å². The molecule has 0 saturated carbocycles. The highest BCUT2D eigenvalue weighted by Crippen LogP contribution is 2.23. The normalized spacial score (nSPS) is 9.65. The Morgan fingerprint density at radius 1 is 1.30 bits per heavy atom. The fourth-order valence-electron chi connectivity index (χ4n) is 1.67. The van der Waals surface area contributed by atoms with Crippen molar-refractivity contribution in [1.82, 2.24) is 0 Å². The number of rotatable bonds is 3. The van der Waals surface area contributed by atoms with E-state index in [0.717, 1.165) is 0 Å². The van der Waals surface area contributed by atoms with Gasteiger partial charge < -0.3 is 10.1 Å². The molecular formula is C15H11ClN2O2. The quantitative estimate of drug-likeness (QED) is 0.939. The van der Waals surface area contributed by atoms with Crippen molar-refractivity contribution in [3.8, 4) is 11.8 Å². The van der Waals surface area contributed by atoms with Crippen LogP contribution in [-0.2, 0) is 0 Å². The van der Waals surface area contributed by atoms with Gasteiger partial charge in [-0.25, -0.2) is 0 Å². The van der Waals surface area contributed by atoms with Crippen molar-refractivity contribution < 1.29 is 9.53 Å². The Bertz CT molecular complexity index is 693. The SMILES string of the molecule is COc1ccc(C(=O)Nc2cccc(C#N)c2)c(Cl)c1. The van der Waals surface area contributed by atoms with Gasteiger partial charge in [-0.3, -0.25) is 4.79 Å². The lowest BCUT2D eigenvalue weighted by atomic mass is 10.1. The first-order valence-corrected chi connectivity index (χ1v) is 6.17. The van der Waals surface area contributed by atoms with Crippen LogP contribution in [0.2, 0.25) is 5.02 Å². The number of carbonyl (C=O) groups is 1. The first kappa shape index (κ1) is 13.9. The summed E-state index contributed by atoms with van der Waals surface area (Å²) in [7, 11) is 1.53. The van der Waals surface area contributed by atoms with E-state index >= 15 is 0 Å². The Kier molecular flexibility index (Phi) is 4.24. The number of anilines is 1. The van der Waals surface area contributed by atoms with Crippen LogP contribution >= 0.6 is 11.6 Å². The van der Waals surface area contributed by atoms with Gasteiger partial charge in [0.15, 0.2) is 0 Å². The number of hydrogen-bond donors (Lipinski definition) is 1. The van der Waals surface area contributed by atoms with E-state index in [2.05, 4.69) is 5.32 Å². The van der Waals surface area contributed by atoms with Crippen LogP contribution in [0.1, 0.15) is 15.9 Å². The number of nitrogens with zero attached hydrogens (tertiary/aromatic N) is 1. The monoisotopic (exact) mass is 286 g/mol. The van der Waals surface area contributed by atoms with Crippen LogP contribution in [0.15, 0.2) is 42.5 Å². The summed E-state index contributed by atoms with van der Waals surface area (Å²) in [6.07, 6.45) is 0.